The van der Waals surface area contributed by atoms with Crippen molar-refractivity contribution in [3.63, 3.8) is 0 Å². The third kappa shape index (κ3) is 3.12. The van der Waals surface area contributed by atoms with Gasteiger partial charge in [0.25, 0.3) is 0 Å². The van der Waals surface area contributed by atoms with E-state index in [1.54, 1.807) is 0 Å². The van der Waals surface area contributed by atoms with Crippen molar-refractivity contribution in [2.24, 2.45) is 7.05 Å². The predicted octanol–water partition coefficient (Wildman–Crippen LogP) is 1.61. The predicted molar refractivity (Wildman–Crippen MR) is 74.7 cm³/mol. The molecule has 0 saturated carbocycles. The van der Waals surface area contributed by atoms with Crippen LogP contribution in [0.25, 0.3) is 0 Å². The van der Waals surface area contributed by atoms with Crippen LogP contribution in [0.4, 0.5) is 0 Å². The van der Waals surface area contributed by atoms with E-state index in [0.29, 0.717) is 6.04 Å². The fourth-order valence-corrected chi connectivity index (χ4v) is 2.84. The van der Waals surface area contributed by atoms with Crippen molar-refractivity contribution in [1.29, 1.82) is 0 Å². The summed E-state index contributed by atoms with van der Waals surface area (Å²) in [5.41, 5.74) is 3.84. The van der Waals surface area contributed by atoms with Crippen molar-refractivity contribution in [2.45, 2.75) is 45.7 Å². The van der Waals surface area contributed by atoms with Gasteiger partial charge in [-0.1, -0.05) is 6.42 Å². The van der Waals surface area contributed by atoms with E-state index in [2.05, 4.69) is 36.2 Å². The average Bonchev–Trinajstić information content (AvgIpc) is 2.57. The highest BCUT2D eigenvalue weighted by Crippen LogP contribution is 2.15. The molecule has 0 aromatic carbocycles. The Balaban J connectivity index is 1.91. The number of piperidine rings is 1. The maximum atomic E-state index is 4.48. The molecule has 4 heteroatoms. The fraction of sp³-hybridized carbons (Fsp3) is 0.786. The normalized spacial score (nSPS) is 20.6. The van der Waals surface area contributed by atoms with Crippen LogP contribution >= 0.6 is 0 Å². The zero-order valence-electron chi connectivity index (χ0n) is 12.2. The van der Waals surface area contributed by atoms with Crippen molar-refractivity contribution in [2.75, 3.05) is 20.1 Å². The van der Waals surface area contributed by atoms with Gasteiger partial charge >= 0.3 is 0 Å². The number of hydrogen-bond acceptors (Lipinski definition) is 3. The lowest BCUT2D eigenvalue weighted by molar-refractivity contribution is 0.256. The van der Waals surface area contributed by atoms with Crippen molar-refractivity contribution in [1.82, 2.24) is 20.0 Å². The largest absolute Gasteiger partial charge is 0.313 e. The minimum atomic E-state index is 0.668. The van der Waals surface area contributed by atoms with Crippen molar-refractivity contribution in [3.8, 4) is 0 Å². The molecule has 2 rings (SSSR count). The average molecular weight is 250 g/mol. The Kier molecular flexibility index (Phi) is 4.40. The number of nitrogens with zero attached hydrogens (tertiary/aromatic N) is 3. The van der Waals surface area contributed by atoms with E-state index in [-0.39, 0.29) is 0 Å². The monoisotopic (exact) mass is 250 g/mol. The number of rotatable bonds is 4. The van der Waals surface area contributed by atoms with Gasteiger partial charge in [0.15, 0.2) is 0 Å². The Morgan fingerprint density at radius 2 is 2.17 bits per heavy atom. The third-order valence-corrected chi connectivity index (χ3v) is 4.03. The molecule has 1 saturated heterocycles. The number of nitrogens with one attached hydrogen (secondary N) is 1. The maximum absolute atomic E-state index is 4.48. The number of likely N-dealkylation sites (N-methyl/N-ethyl adjacent to an activating group) is 1. The van der Waals surface area contributed by atoms with Gasteiger partial charge in [-0.3, -0.25) is 4.68 Å². The Morgan fingerprint density at radius 1 is 1.39 bits per heavy atom. The Morgan fingerprint density at radius 3 is 2.72 bits per heavy atom. The number of aromatic nitrogens is 2. The summed E-state index contributed by atoms with van der Waals surface area (Å²) in [6, 6.07) is 0.668. The van der Waals surface area contributed by atoms with E-state index in [1.807, 2.05) is 11.7 Å². The summed E-state index contributed by atoms with van der Waals surface area (Å²) in [5.74, 6) is 0. The minimum absolute atomic E-state index is 0.668. The Bertz CT molecular complexity index is 391. The second-order valence-corrected chi connectivity index (χ2v) is 5.62. The molecule has 102 valence electrons. The van der Waals surface area contributed by atoms with Gasteiger partial charge in [-0.25, -0.2) is 0 Å². The zero-order valence-corrected chi connectivity index (χ0v) is 12.2. The summed E-state index contributed by atoms with van der Waals surface area (Å²) in [7, 11) is 4.23. The summed E-state index contributed by atoms with van der Waals surface area (Å²) >= 11 is 0. The van der Waals surface area contributed by atoms with Gasteiger partial charge in [-0.05, 0) is 40.3 Å². The maximum Gasteiger partial charge on any atom is 0.0641 e. The molecule has 0 bridgehead atoms. The molecule has 1 fully saturated rings. The summed E-state index contributed by atoms with van der Waals surface area (Å²) in [6.07, 6.45) is 4.02. The Hall–Kier alpha value is -0.870. The molecule has 1 aliphatic heterocycles. The van der Waals surface area contributed by atoms with Crippen molar-refractivity contribution >= 4 is 0 Å². The van der Waals surface area contributed by atoms with Crippen LogP contribution in [0.2, 0.25) is 0 Å². The van der Waals surface area contributed by atoms with Gasteiger partial charge in [0.05, 0.1) is 5.69 Å². The highest BCUT2D eigenvalue weighted by atomic mass is 15.3. The van der Waals surface area contributed by atoms with Gasteiger partial charge in [0.1, 0.15) is 0 Å². The smallest absolute Gasteiger partial charge is 0.0641 e. The molecule has 0 aliphatic carbocycles. The lowest BCUT2D eigenvalue weighted by Gasteiger charge is -2.28. The standard InChI is InChI=1S/C14H26N4/c1-11-14(12(2)18(4)16-11)10-17(3)9-13-7-5-6-8-15-13/h13,15H,5-10H2,1-4H3. The van der Waals surface area contributed by atoms with E-state index in [0.717, 1.165) is 13.1 Å². The lowest BCUT2D eigenvalue weighted by atomic mass is 10.0. The van der Waals surface area contributed by atoms with Gasteiger partial charge < -0.3 is 10.2 Å². The summed E-state index contributed by atoms with van der Waals surface area (Å²) in [6.45, 7) is 7.58. The highest BCUT2D eigenvalue weighted by molar-refractivity contribution is 5.24. The second kappa shape index (κ2) is 5.85. The molecule has 1 N–H and O–H groups in total. The molecule has 1 aliphatic rings. The number of aryl methyl sites for hydroxylation is 2. The molecular weight excluding hydrogens is 224 g/mol. The van der Waals surface area contributed by atoms with E-state index in [9.17, 15) is 0 Å². The quantitative estimate of drug-likeness (QED) is 0.881. The topological polar surface area (TPSA) is 33.1 Å². The van der Waals surface area contributed by atoms with Crippen LogP contribution in [0.1, 0.15) is 36.2 Å². The van der Waals surface area contributed by atoms with Crippen LogP contribution in [0, 0.1) is 13.8 Å². The molecule has 1 aromatic heterocycles. The second-order valence-electron chi connectivity index (χ2n) is 5.62. The molecule has 1 aromatic rings. The molecule has 2 heterocycles. The molecular formula is C14H26N4. The summed E-state index contributed by atoms with van der Waals surface area (Å²) in [4.78, 5) is 2.42. The van der Waals surface area contributed by atoms with Crippen molar-refractivity contribution < 1.29 is 0 Å². The third-order valence-electron chi connectivity index (χ3n) is 4.03. The molecule has 1 unspecified atom stereocenters. The zero-order chi connectivity index (χ0) is 13.1. The fourth-order valence-electron chi connectivity index (χ4n) is 2.84. The van der Waals surface area contributed by atoms with Gasteiger partial charge in [0.2, 0.25) is 0 Å². The van der Waals surface area contributed by atoms with Crippen LogP contribution in [0.5, 0.6) is 0 Å². The lowest BCUT2D eigenvalue weighted by Crippen LogP contribution is -2.42. The molecule has 4 nitrogen and oxygen atoms in total. The molecule has 18 heavy (non-hydrogen) atoms. The first-order valence-electron chi connectivity index (χ1n) is 6.99. The SMILES string of the molecule is Cc1nn(C)c(C)c1CN(C)CC1CCCCN1. The van der Waals surface area contributed by atoms with Crippen LogP contribution in [-0.2, 0) is 13.6 Å². The van der Waals surface area contributed by atoms with E-state index in [4.69, 9.17) is 0 Å². The van der Waals surface area contributed by atoms with Crippen LogP contribution in [0.15, 0.2) is 0 Å². The molecule has 0 spiro atoms. The van der Waals surface area contributed by atoms with Gasteiger partial charge in [-0.2, -0.15) is 5.10 Å². The van der Waals surface area contributed by atoms with E-state index < -0.39 is 0 Å². The number of hydrogen-bond donors (Lipinski definition) is 1. The van der Waals surface area contributed by atoms with Crippen LogP contribution in [-0.4, -0.2) is 40.9 Å². The van der Waals surface area contributed by atoms with Gasteiger partial charge in [0, 0.05) is 37.4 Å². The first kappa shape index (κ1) is 13.6. The highest BCUT2D eigenvalue weighted by Gasteiger charge is 2.17. The van der Waals surface area contributed by atoms with E-state index >= 15 is 0 Å². The molecule has 1 atom stereocenters. The van der Waals surface area contributed by atoms with Crippen LogP contribution < -0.4 is 5.32 Å². The van der Waals surface area contributed by atoms with Gasteiger partial charge in [-0.15, -0.1) is 0 Å². The Labute approximate surface area is 110 Å². The summed E-state index contributed by atoms with van der Waals surface area (Å²) in [5, 5.41) is 8.09. The minimum Gasteiger partial charge on any atom is -0.313 e. The van der Waals surface area contributed by atoms with Crippen LogP contribution in [0.3, 0.4) is 0 Å². The first-order valence-corrected chi connectivity index (χ1v) is 6.99. The van der Waals surface area contributed by atoms with Crippen molar-refractivity contribution in [3.05, 3.63) is 17.0 Å². The van der Waals surface area contributed by atoms with E-state index in [1.165, 1.54) is 42.8 Å². The first-order chi connectivity index (χ1) is 8.58. The molecule has 0 amide bonds. The summed E-state index contributed by atoms with van der Waals surface area (Å²) < 4.78 is 1.98. The molecule has 0 radical (unpaired) electrons.